The van der Waals surface area contributed by atoms with Gasteiger partial charge >= 0.3 is 0 Å². The molecule has 0 atom stereocenters. The summed E-state index contributed by atoms with van der Waals surface area (Å²) in [6.07, 6.45) is 4.88. The zero-order valence-corrected chi connectivity index (χ0v) is 14.9. The van der Waals surface area contributed by atoms with E-state index < -0.39 is 0 Å². The molecule has 0 saturated carbocycles. The molecule has 0 aromatic carbocycles. The summed E-state index contributed by atoms with van der Waals surface area (Å²) in [7, 11) is 4.30. The molecule has 0 aliphatic carbocycles. The van der Waals surface area contributed by atoms with E-state index >= 15 is 0 Å². The highest BCUT2D eigenvalue weighted by molar-refractivity contribution is 7.99. The Kier molecular flexibility index (Phi) is 5.57. The number of hydrogen-bond donors (Lipinski definition) is 1. The van der Waals surface area contributed by atoms with Gasteiger partial charge in [-0.1, -0.05) is 6.92 Å². The maximum absolute atomic E-state index is 12.0. The number of carbonyl (C=O) groups is 1. The van der Waals surface area contributed by atoms with E-state index in [0.717, 1.165) is 35.7 Å². The number of rotatable bonds is 5. The Hall–Kier alpha value is -0.720. The average Bonchev–Trinajstić information content (AvgIpc) is 2.83. The lowest BCUT2D eigenvalue weighted by molar-refractivity contribution is 0.0992. The van der Waals surface area contributed by atoms with Gasteiger partial charge in [0.2, 0.25) is 0 Å². The smallest absolute Gasteiger partial charge is 0.174 e. The van der Waals surface area contributed by atoms with E-state index in [1.54, 1.807) is 23.1 Å². The van der Waals surface area contributed by atoms with Crippen LogP contribution in [0.4, 0.5) is 10.7 Å². The summed E-state index contributed by atoms with van der Waals surface area (Å²) in [5.41, 5.74) is 6.89. The molecule has 1 aromatic rings. The number of nitrogens with two attached hydrogens (primary N) is 1. The number of nitrogens with zero attached hydrogens (tertiary/aromatic N) is 2. The molecule has 4 nitrogen and oxygen atoms in total. The Labute approximate surface area is 135 Å². The summed E-state index contributed by atoms with van der Waals surface area (Å²) in [6.45, 7) is 3.97. The molecule has 1 fully saturated rings. The third kappa shape index (κ3) is 3.38. The number of Topliss-reactive ketones (excluding diaryl/α,β-unsaturated/α-hetero) is 1. The van der Waals surface area contributed by atoms with E-state index in [2.05, 4.69) is 23.9 Å². The van der Waals surface area contributed by atoms with Crippen molar-refractivity contribution >= 4 is 39.6 Å². The molecule has 118 valence electrons. The van der Waals surface area contributed by atoms with Gasteiger partial charge in [0.1, 0.15) is 5.00 Å². The first-order chi connectivity index (χ1) is 9.99. The molecule has 2 rings (SSSR count). The van der Waals surface area contributed by atoms with E-state index in [1.165, 1.54) is 5.00 Å². The zero-order valence-electron chi connectivity index (χ0n) is 13.3. The highest BCUT2D eigenvalue weighted by Gasteiger charge is 2.27. The molecule has 6 heteroatoms. The maximum Gasteiger partial charge on any atom is 0.174 e. The molecule has 0 radical (unpaired) electrons. The Morgan fingerprint density at radius 3 is 2.52 bits per heavy atom. The van der Waals surface area contributed by atoms with E-state index in [9.17, 15) is 4.79 Å². The van der Waals surface area contributed by atoms with Crippen LogP contribution in [0, 0.1) is 0 Å². The van der Waals surface area contributed by atoms with Crippen LogP contribution in [0.3, 0.4) is 0 Å². The van der Waals surface area contributed by atoms with E-state index in [0.29, 0.717) is 18.2 Å². The van der Waals surface area contributed by atoms with Gasteiger partial charge in [0.15, 0.2) is 5.78 Å². The maximum atomic E-state index is 12.0. The van der Waals surface area contributed by atoms with Gasteiger partial charge in [-0.15, -0.1) is 23.1 Å². The van der Waals surface area contributed by atoms with Crippen molar-refractivity contribution in [2.75, 3.05) is 44.1 Å². The molecular weight excluding hydrogens is 302 g/mol. The molecule has 1 aromatic heterocycles. The van der Waals surface area contributed by atoms with Gasteiger partial charge in [-0.3, -0.25) is 4.79 Å². The predicted molar refractivity (Wildman–Crippen MR) is 94.1 cm³/mol. The summed E-state index contributed by atoms with van der Waals surface area (Å²) >= 11 is 3.23. The Morgan fingerprint density at radius 1 is 1.43 bits per heavy atom. The molecule has 0 bridgehead atoms. The second-order valence-corrected chi connectivity index (χ2v) is 7.46. The monoisotopic (exact) mass is 327 g/mol. The van der Waals surface area contributed by atoms with Gasteiger partial charge in [0.05, 0.1) is 15.5 Å². The van der Waals surface area contributed by atoms with Crippen molar-refractivity contribution in [3.05, 3.63) is 4.88 Å². The number of ketones is 1. The summed E-state index contributed by atoms with van der Waals surface area (Å²) in [5, 5.41) is 1.19. The van der Waals surface area contributed by atoms with Crippen LogP contribution in [0.1, 0.15) is 35.9 Å². The zero-order chi connectivity index (χ0) is 15.6. The molecule has 1 saturated heterocycles. The average molecular weight is 328 g/mol. The van der Waals surface area contributed by atoms with Crippen molar-refractivity contribution in [3.8, 4) is 0 Å². The molecule has 0 spiro atoms. The minimum absolute atomic E-state index is 0.155. The van der Waals surface area contributed by atoms with Gasteiger partial charge in [0, 0.05) is 25.6 Å². The largest absolute Gasteiger partial charge is 0.396 e. The highest BCUT2D eigenvalue weighted by atomic mass is 32.2. The minimum atomic E-state index is 0.155. The first kappa shape index (κ1) is 16.6. The summed E-state index contributed by atoms with van der Waals surface area (Å²) in [6, 6.07) is 0.660. The van der Waals surface area contributed by atoms with E-state index in [-0.39, 0.29) is 5.78 Å². The quantitative estimate of drug-likeness (QED) is 0.665. The van der Waals surface area contributed by atoms with Crippen LogP contribution >= 0.6 is 23.1 Å². The number of piperidine rings is 1. The Bertz CT molecular complexity index is 505. The number of thiophene rings is 1. The van der Waals surface area contributed by atoms with Crippen LogP contribution in [0.25, 0.3) is 0 Å². The second kappa shape index (κ2) is 7.03. The lowest BCUT2D eigenvalue weighted by Gasteiger charge is -2.36. The fourth-order valence-electron chi connectivity index (χ4n) is 2.77. The van der Waals surface area contributed by atoms with Crippen molar-refractivity contribution in [3.63, 3.8) is 0 Å². The summed E-state index contributed by atoms with van der Waals surface area (Å²) in [4.78, 5) is 18.6. The lowest BCUT2D eigenvalue weighted by Crippen LogP contribution is -2.41. The lowest BCUT2D eigenvalue weighted by atomic mass is 10.0. The Balaban J connectivity index is 2.22. The number of hydrogen-bond acceptors (Lipinski definition) is 6. The fraction of sp³-hybridized carbons (Fsp3) is 0.667. The van der Waals surface area contributed by atoms with Gasteiger partial charge < -0.3 is 15.5 Å². The van der Waals surface area contributed by atoms with Gasteiger partial charge in [-0.25, -0.2) is 0 Å². The number of nitrogen functional groups attached to an aromatic ring is 1. The first-order valence-corrected chi connectivity index (χ1v) is 9.44. The molecule has 2 N–H and O–H groups in total. The van der Waals surface area contributed by atoms with Crippen molar-refractivity contribution in [2.24, 2.45) is 0 Å². The van der Waals surface area contributed by atoms with Crippen LogP contribution < -0.4 is 10.6 Å². The van der Waals surface area contributed by atoms with Crippen LogP contribution in [0.15, 0.2) is 4.90 Å². The summed E-state index contributed by atoms with van der Waals surface area (Å²) < 4.78 is 0. The van der Waals surface area contributed by atoms with E-state index in [1.807, 2.05) is 13.2 Å². The SMILES string of the molecule is CCC(=O)c1sc(N2CCC(N(C)C)CC2)c(SC)c1N. The molecule has 0 unspecified atom stereocenters. The summed E-state index contributed by atoms with van der Waals surface area (Å²) in [5.74, 6) is 0.155. The topological polar surface area (TPSA) is 49.6 Å². The standard InChI is InChI=1S/C15H25N3OS2/c1-5-11(19)13-12(16)14(20-4)15(21-13)18-8-6-10(7-9-18)17(2)3/h10H,5-9,16H2,1-4H3. The van der Waals surface area contributed by atoms with Crippen molar-refractivity contribution in [1.29, 1.82) is 0 Å². The van der Waals surface area contributed by atoms with Crippen LogP contribution in [-0.4, -0.2) is 50.2 Å². The minimum Gasteiger partial charge on any atom is -0.396 e. The highest BCUT2D eigenvalue weighted by Crippen LogP contribution is 2.45. The fourth-order valence-corrected chi connectivity index (χ4v) is 5.02. The molecule has 21 heavy (non-hydrogen) atoms. The van der Waals surface area contributed by atoms with Crippen molar-refractivity contribution < 1.29 is 4.79 Å². The molecule has 1 aliphatic heterocycles. The van der Waals surface area contributed by atoms with Crippen LogP contribution in [-0.2, 0) is 0 Å². The predicted octanol–water partition coefficient (Wildman–Crippen LogP) is 3.18. The molecule has 2 heterocycles. The number of anilines is 2. The number of thioether (sulfide) groups is 1. The third-order valence-electron chi connectivity index (χ3n) is 4.14. The third-order valence-corrected chi connectivity index (χ3v) is 6.40. The normalized spacial score (nSPS) is 16.7. The molecule has 0 amide bonds. The van der Waals surface area contributed by atoms with Crippen LogP contribution in [0.5, 0.6) is 0 Å². The van der Waals surface area contributed by atoms with Gasteiger partial charge in [-0.2, -0.15) is 0 Å². The van der Waals surface area contributed by atoms with Gasteiger partial charge in [-0.05, 0) is 33.2 Å². The van der Waals surface area contributed by atoms with Crippen molar-refractivity contribution in [1.82, 2.24) is 4.90 Å². The molecule has 1 aliphatic rings. The Morgan fingerprint density at radius 2 is 2.05 bits per heavy atom. The van der Waals surface area contributed by atoms with Crippen molar-refractivity contribution in [2.45, 2.75) is 37.1 Å². The van der Waals surface area contributed by atoms with Gasteiger partial charge in [0.25, 0.3) is 0 Å². The first-order valence-electron chi connectivity index (χ1n) is 7.40. The second-order valence-electron chi connectivity index (χ2n) is 5.64. The van der Waals surface area contributed by atoms with E-state index in [4.69, 9.17) is 5.73 Å². The van der Waals surface area contributed by atoms with Crippen LogP contribution in [0.2, 0.25) is 0 Å². The number of carbonyl (C=O) groups excluding carboxylic acids is 1. The molecular formula is C15H25N3OS2.